The number of carbonyl (C=O) groups excluding carboxylic acids is 1. The molecular formula is C15H15ClF3N3OS. The number of benzene rings is 1. The molecule has 2 rings (SSSR count). The topological polar surface area (TPSA) is 54.0 Å². The van der Waals surface area contributed by atoms with E-state index in [4.69, 9.17) is 11.6 Å². The van der Waals surface area contributed by atoms with E-state index in [1.54, 1.807) is 6.20 Å². The predicted octanol–water partition coefficient (Wildman–Crippen LogP) is 4.95. The van der Waals surface area contributed by atoms with Crippen LogP contribution in [0.5, 0.6) is 0 Å². The summed E-state index contributed by atoms with van der Waals surface area (Å²) in [5.74, 6) is -0.182. The Labute approximate surface area is 146 Å². The highest BCUT2D eigenvalue weighted by Gasteiger charge is 2.33. The number of hydrogen-bond donors (Lipinski definition) is 2. The number of aromatic nitrogens is 1. The van der Waals surface area contributed by atoms with E-state index >= 15 is 0 Å². The normalized spacial score (nSPS) is 11.4. The summed E-state index contributed by atoms with van der Waals surface area (Å²) in [7, 11) is 0. The molecule has 0 atom stereocenters. The van der Waals surface area contributed by atoms with Crippen LogP contribution in [-0.2, 0) is 11.0 Å². The molecule has 0 spiro atoms. The molecule has 1 aromatic carbocycles. The second kappa shape index (κ2) is 7.85. The van der Waals surface area contributed by atoms with Crippen molar-refractivity contribution in [1.82, 2.24) is 4.98 Å². The van der Waals surface area contributed by atoms with E-state index in [9.17, 15) is 18.0 Å². The minimum absolute atomic E-state index is 0.182. The molecule has 2 N–H and O–H groups in total. The Bertz CT molecular complexity index is 718. The van der Waals surface area contributed by atoms with Gasteiger partial charge in [-0.1, -0.05) is 11.6 Å². The standard InChI is InChI=1S/C15H15ClF3N3OS/c1-9-8-21-14(24-9)22-13(23)3-2-6-20-10-4-5-12(16)11(7-10)15(17,18)19/h4-5,7-8,20H,2-3,6H2,1H3,(H,21,22,23). The van der Waals surface area contributed by atoms with Crippen LogP contribution in [0.2, 0.25) is 5.02 Å². The molecule has 0 radical (unpaired) electrons. The highest BCUT2D eigenvalue weighted by Crippen LogP contribution is 2.36. The lowest BCUT2D eigenvalue weighted by molar-refractivity contribution is -0.137. The SMILES string of the molecule is Cc1cnc(NC(=O)CCCNc2ccc(Cl)c(C(F)(F)F)c2)s1. The summed E-state index contributed by atoms with van der Waals surface area (Å²) in [5.41, 5.74) is -0.575. The van der Waals surface area contributed by atoms with E-state index in [0.717, 1.165) is 10.9 Å². The van der Waals surface area contributed by atoms with Crippen LogP contribution >= 0.6 is 22.9 Å². The van der Waals surface area contributed by atoms with Gasteiger partial charge in [0.2, 0.25) is 5.91 Å². The number of rotatable bonds is 6. The van der Waals surface area contributed by atoms with Crippen LogP contribution in [0.25, 0.3) is 0 Å². The van der Waals surface area contributed by atoms with Gasteiger partial charge in [-0.05, 0) is 31.5 Å². The molecule has 1 amide bonds. The van der Waals surface area contributed by atoms with E-state index in [1.807, 2.05) is 6.92 Å². The molecular weight excluding hydrogens is 363 g/mol. The molecule has 0 fully saturated rings. The molecule has 0 aliphatic heterocycles. The maximum Gasteiger partial charge on any atom is 0.417 e. The van der Waals surface area contributed by atoms with Gasteiger partial charge in [0.05, 0.1) is 10.6 Å². The van der Waals surface area contributed by atoms with Crippen molar-refractivity contribution in [3.63, 3.8) is 0 Å². The van der Waals surface area contributed by atoms with Crippen molar-refractivity contribution in [2.75, 3.05) is 17.2 Å². The molecule has 130 valence electrons. The molecule has 0 aliphatic rings. The fourth-order valence-electron chi connectivity index (χ4n) is 1.93. The second-order valence-electron chi connectivity index (χ2n) is 5.05. The van der Waals surface area contributed by atoms with Gasteiger partial charge in [0.25, 0.3) is 0 Å². The Hall–Kier alpha value is -1.80. The van der Waals surface area contributed by atoms with Crippen molar-refractivity contribution < 1.29 is 18.0 Å². The van der Waals surface area contributed by atoms with Crippen molar-refractivity contribution >= 4 is 39.7 Å². The Balaban J connectivity index is 1.79. The first-order valence-electron chi connectivity index (χ1n) is 7.08. The number of thiazole rings is 1. The summed E-state index contributed by atoms with van der Waals surface area (Å²) in [6.45, 7) is 2.25. The third-order valence-corrected chi connectivity index (χ3v) is 4.21. The third-order valence-electron chi connectivity index (χ3n) is 3.05. The lowest BCUT2D eigenvalue weighted by Crippen LogP contribution is -2.13. The number of nitrogens with one attached hydrogen (secondary N) is 2. The van der Waals surface area contributed by atoms with Crippen molar-refractivity contribution in [3.8, 4) is 0 Å². The minimum Gasteiger partial charge on any atom is -0.385 e. The quantitative estimate of drug-likeness (QED) is 0.700. The molecule has 0 saturated heterocycles. The third kappa shape index (κ3) is 5.38. The number of hydrogen-bond acceptors (Lipinski definition) is 4. The number of carbonyl (C=O) groups is 1. The van der Waals surface area contributed by atoms with Crippen molar-refractivity contribution in [2.45, 2.75) is 25.9 Å². The van der Waals surface area contributed by atoms with E-state index in [0.29, 0.717) is 23.8 Å². The van der Waals surface area contributed by atoms with Crippen molar-refractivity contribution in [1.29, 1.82) is 0 Å². The monoisotopic (exact) mass is 377 g/mol. The molecule has 0 aliphatic carbocycles. The lowest BCUT2D eigenvalue weighted by Gasteiger charge is -2.12. The molecule has 24 heavy (non-hydrogen) atoms. The molecule has 9 heteroatoms. The highest BCUT2D eigenvalue weighted by atomic mass is 35.5. The summed E-state index contributed by atoms with van der Waals surface area (Å²) in [6.07, 6.45) is -2.12. The number of nitrogens with zero attached hydrogens (tertiary/aromatic N) is 1. The maximum atomic E-state index is 12.8. The number of halogens is 4. The molecule has 1 heterocycles. The summed E-state index contributed by atoms with van der Waals surface area (Å²) in [6, 6.07) is 3.63. The average molecular weight is 378 g/mol. The first kappa shape index (κ1) is 18.5. The first-order valence-corrected chi connectivity index (χ1v) is 8.28. The van der Waals surface area contributed by atoms with Gasteiger partial charge >= 0.3 is 6.18 Å². The molecule has 1 aromatic heterocycles. The van der Waals surface area contributed by atoms with Crippen LogP contribution in [0, 0.1) is 6.92 Å². The van der Waals surface area contributed by atoms with Gasteiger partial charge in [0.15, 0.2) is 5.13 Å². The highest BCUT2D eigenvalue weighted by molar-refractivity contribution is 7.15. The Kier molecular flexibility index (Phi) is 6.06. The zero-order valence-corrected chi connectivity index (χ0v) is 14.3. The van der Waals surface area contributed by atoms with Crippen LogP contribution in [0.3, 0.4) is 0 Å². The van der Waals surface area contributed by atoms with E-state index in [-0.39, 0.29) is 17.4 Å². The van der Waals surface area contributed by atoms with Gasteiger partial charge in [0.1, 0.15) is 0 Å². The van der Waals surface area contributed by atoms with Gasteiger partial charge < -0.3 is 10.6 Å². The second-order valence-corrected chi connectivity index (χ2v) is 6.69. The van der Waals surface area contributed by atoms with Gasteiger partial charge in [-0.25, -0.2) is 4.98 Å². The van der Waals surface area contributed by atoms with Gasteiger partial charge in [-0.3, -0.25) is 4.79 Å². The fourth-order valence-corrected chi connectivity index (χ4v) is 2.83. The fraction of sp³-hybridized carbons (Fsp3) is 0.333. The van der Waals surface area contributed by atoms with Gasteiger partial charge in [-0.15, -0.1) is 11.3 Å². The Morgan fingerprint density at radius 2 is 2.12 bits per heavy atom. The zero-order chi connectivity index (χ0) is 17.7. The van der Waals surface area contributed by atoms with Crippen LogP contribution in [0.4, 0.5) is 24.0 Å². The number of amides is 1. The average Bonchev–Trinajstić information content (AvgIpc) is 2.89. The molecule has 0 unspecified atom stereocenters. The van der Waals surface area contributed by atoms with E-state index in [1.165, 1.54) is 23.5 Å². The maximum absolute atomic E-state index is 12.8. The lowest BCUT2D eigenvalue weighted by atomic mass is 10.2. The smallest absolute Gasteiger partial charge is 0.385 e. The summed E-state index contributed by atoms with van der Waals surface area (Å²) < 4.78 is 38.3. The summed E-state index contributed by atoms with van der Waals surface area (Å²) in [5, 5.41) is 5.73. The van der Waals surface area contributed by atoms with Gasteiger partial charge in [-0.2, -0.15) is 13.2 Å². The van der Waals surface area contributed by atoms with Crippen LogP contribution < -0.4 is 10.6 Å². The van der Waals surface area contributed by atoms with Crippen molar-refractivity contribution in [3.05, 3.63) is 39.9 Å². The predicted molar refractivity (Wildman–Crippen MR) is 89.7 cm³/mol. The van der Waals surface area contributed by atoms with Crippen LogP contribution in [0.15, 0.2) is 24.4 Å². The van der Waals surface area contributed by atoms with Crippen LogP contribution in [-0.4, -0.2) is 17.4 Å². The molecule has 0 saturated carbocycles. The first-order chi connectivity index (χ1) is 11.3. The minimum atomic E-state index is -4.50. The van der Waals surface area contributed by atoms with E-state index < -0.39 is 11.7 Å². The molecule has 2 aromatic rings. The van der Waals surface area contributed by atoms with Crippen LogP contribution in [0.1, 0.15) is 23.3 Å². The van der Waals surface area contributed by atoms with Crippen molar-refractivity contribution in [2.24, 2.45) is 0 Å². The number of alkyl halides is 3. The van der Waals surface area contributed by atoms with E-state index in [2.05, 4.69) is 15.6 Å². The van der Waals surface area contributed by atoms with Gasteiger partial charge in [0, 0.05) is 29.7 Å². The summed E-state index contributed by atoms with van der Waals surface area (Å²) >= 11 is 6.94. The largest absolute Gasteiger partial charge is 0.417 e. The molecule has 4 nitrogen and oxygen atoms in total. The Morgan fingerprint density at radius 3 is 2.75 bits per heavy atom. The number of anilines is 2. The summed E-state index contributed by atoms with van der Waals surface area (Å²) in [4.78, 5) is 16.7. The Morgan fingerprint density at radius 1 is 1.38 bits per heavy atom. The number of aryl methyl sites for hydroxylation is 1. The zero-order valence-electron chi connectivity index (χ0n) is 12.7. The molecule has 0 bridgehead atoms.